The van der Waals surface area contributed by atoms with Crippen molar-refractivity contribution < 1.29 is 9.59 Å². The fourth-order valence-corrected chi connectivity index (χ4v) is 3.49. The fourth-order valence-electron chi connectivity index (χ4n) is 3.49. The van der Waals surface area contributed by atoms with Gasteiger partial charge < -0.3 is 15.5 Å². The second-order valence-corrected chi connectivity index (χ2v) is 6.57. The van der Waals surface area contributed by atoms with Crippen LogP contribution in [0.25, 0.3) is 0 Å². The molecule has 5 heteroatoms. The number of carbonyl (C=O) groups is 2. The summed E-state index contributed by atoms with van der Waals surface area (Å²) in [5, 5.41) is 6.06. The molecule has 5 nitrogen and oxygen atoms in total. The van der Waals surface area contributed by atoms with Gasteiger partial charge >= 0.3 is 6.03 Å². The molecule has 1 aromatic rings. The van der Waals surface area contributed by atoms with Crippen molar-refractivity contribution in [3.8, 4) is 0 Å². The second kappa shape index (κ2) is 7.49. The molecule has 1 heterocycles. The summed E-state index contributed by atoms with van der Waals surface area (Å²) in [7, 11) is 0. The van der Waals surface area contributed by atoms with Gasteiger partial charge in [-0.15, -0.1) is 0 Å². The number of benzene rings is 1. The number of carbonyl (C=O) groups excluding carboxylic acids is 2. The van der Waals surface area contributed by atoms with E-state index in [9.17, 15) is 9.59 Å². The van der Waals surface area contributed by atoms with Gasteiger partial charge in [-0.3, -0.25) is 4.79 Å². The molecule has 124 valence electrons. The number of para-hydroxylation sites is 1. The SMILES string of the molecule is O=C(NC1CCCC1)[C@@H]1CCCN(C(=O)Nc2ccccc2)C1. The number of hydrogen-bond acceptors (Lipinski definition) is 2. The first-order valence-electron chi connectivity index (χ1n) is 8.64. The Bertz CT molecular complexity index is 540. The van der Waals surface area contributed by atoms with Crippen molar-refractivity contribution in [3.05, 3.63) is 30.3 Å². The summed E-state index contributed by atoms with van der Waals surface area (Å²) in [6.07, 6.45) is 6.36. The van der Waals surface area contributed by atoms with Crippen LogP contribution in [0.3, 0.4) is 0 Å². The smallest absolute Gasteiger partial charge is 0.321 e. The van der Waals surface area contributed by atoms with Crippen molar-refractivity contribution in [2.45, 2.75) is 44.6 Å². The summed E-state index contributed by atoms with van der Waals surface area (Å²) in [6.45, 7) is 1.23. The molecule has 1 saturated heterocycles. The van der Waals surface area contributed by atoms with E-state index in [0.29, 0.717) is 19.1 Å². The zero-order valence-electron chi connectivity index (χ0n) is 13.5. The summed E-state index contributed by atoms with van der Waals surface area (Å²) in [5.74, 6) is 0.0417. The molecule has 1 aliphatic heterocycles. The number of piperidine rings is 1. The molecule has 0 aromatic heterocycles. The lowest BCUT2D eigenvalue weighted by atomic mass is 9.97. The molecule has 23 heavy (non-hydrogen) atoms. The Morgan fingerprint density at radius 1 is 1.00 bits per heavy atom. The average Bonchev–Trinajstić information content (AvgIpc) is 3.09. The molecular weight excluding hydrogens is 290 g/mol. The first-order chi connectivity index (χ1) is 11.2. The summed E-state index contributed by atoms with van der Waals surface area (Å²) >= 11 is 0. The van der Waals surface area contributed by atoms with Crippen LogP contribution in [0.15, 0.2) is 30.3 Å². The average molecular weight is 315 g/mol. The largest absolute Gasteiger partial charge is 0.353 e. The normalized spacial score (nSPS) is 21.9. The Morgan fingerprint density at radius 3 is 2.48 bits per heavy atom. The molecule has 2 fully saturated rings. The molecule has 0 unspecified atom stereocenters. The predicted molar refractivity (Wildman–Crippen MR) is 90.2 cm³/mol. The van der Waals surface area contributed by atoms with Crippen LogP contribution in [-0.4, -0.2) is 36.0 Å². The topological polar surface area (TPSA) is 61.4 Å². The van der Waals surface area contributed by atoms with Crippen LogP contribution in [-0.2, 0) is 4.79 Å². The summed E-state index contributed by atoms with van der Waals surface area (Å²) in [6, 6.07) is 9.66. The van der Waals surface area contributed by atoms with Crippen molar-refractivity contribution >= 4 is 17.6 Å². The molecule has 2 N–H and O–H groups in total. The lowest BCUT2D eigenvalue weighted by molar-refractivity contribution is -0.126. The van der Waals surface area contributed by atoms with Crippen LogP contribution in [0, 0.1) is 5.92 Å². The minimum Gasteiger partial charge on any atom is -0.353 e. The predicted octanol–water partition coefficient (Wildman–Crippen LogP) is 2.99. The van der Waals surface area contributed by atoms with Gasteiger partial charge in [0.05, 0.1) is 5.92 Å². The molecular formula is C18H25N3O2. The van der Waals surface area contributed by atoms with Crippen LogP contribution < -0.4 is 10.6 Å². The van der Waals surface area contributed by atoms with Gasteiger partial charge in [0.15, 0.2) is 0 Å². The van der Waals surface area contributed by atoms with E-state index in [0.717, 1.165) is 31.4 Å². The van der Waals surface area contributed by atoms with Gasteiger partial charge in [-0.2, -0.15) is 0 Å². The van der Waals surface area contributed by atoms with Crippen LogP contribution >= 0.6 is 0 Å². The van der Waals surface area contributed by atoms with Crippen LogP contribution in [0.2, 0.25) is 0 Å². The molecule has 3 rings (SSSR count). The van der Waals surface area contributed by atoms with E-state index in [4.69, 9.17) is 0 Å². The van der Waals surface area contributed by atoms with E-state index in [1.807, 2.05) is 30.3 Å². The Labute approximate surface area is 137 Å². The number of amides is 3. The monoisotopic (exact) mass is 315 g/mol. The molecule has 1 aromatic carbocycles. The molecule has 1 saturated carbocycles. The lowest BCUT2D eigenvalue weighted by Gasteiger charge is -2.32. The molecule has 1 aliphatic carbocycles. The van der Waals surface area contributed by atoms with Crippen LogP contribution in [0.5, 0.6) is 0 Å². The van der Waals surface area contributed by atoms with Crippen molar-refractivity contribution in [2.75, 3.05) is 18.4 Å². The molecule has 2 aliphatic rings. The number of likely N-dealkylation sites (tertiary alicyclic amines) is 1. The molecule has 0 spiro atoms. The summed E-state index contributed by atoms with van der Waals surface area (Å²) in [5.41, 5.74) is 0.787. The molecule has 3 amide bonds. The highest BCUT2D eigenvalue weighted by atomic mass is 16.2. The standard InChI is InChI=1S/C18H25N3O2/c22-17(19-15-10-4-5-11-15)14-7-6-12-21(13-14)18(23)20-16-8-2-1-3-9-16/h1-3,8-9,14-15H,4-7,10-13H2,(H,19,22)(H,20,23)/t14-/m1/s1. The Morgan fingerprint density at radius 2 is 1.74 bits per heavy atom. The molecule has 0 radical (unpaired) electrons. The number of nitrogens with one attached hydrogen (secondary N) is 2. The van der Waals surface area contributed by atoms with Gasteiger partial charge in [-0.25, -0.2) is 4.79 Å². The maximum Gasteiger partial charge on any atom is 0.321 e. The fraction of sp³-hybridized carbons (Fsp3) is 0.556. The van der Waals surface area contributed by atoms with Crippen molar-refractivity contribution in [1.82, 2.24) is 10.2 Å². The Balaban J connectivity index is 1.52. The quantitative estimate of drug-likeness (QED) is 0.901. The zero-order chi connectivity index (χ0) is 16.1. The van der Waals surface area contributed by atoms with Gasteiger partial charge in [-0.1, -0.05) is 31.0 Å². The van der Waals surface area contributed by atoms with Gasteiger partial charge in [-0.05, 0) is 37.8 Å². The number of urea groups is 1. The third-order valence-corrected chi connectivity index (χ3v) is 4.81. The minimum absolute atomic E-state index is 0.0779. The van der Waals surface area contributed by atoms with Crippen LogP contribution in [0.4, 0.5) is 10.5 Å². The first-order valence-corrected chi connectivity index (χ1v) is 8.64. The minimum atomic E-state index is -0.116. The lowest BCUT2D eigenvalue weighted by Crippen LogP contribution is -2.48. The second-order valence-electron chi connectivity index (χ2n) is 6.57. The van der Waals surface area contributed by atoms with Gasteiger partial charge in [0.25, 0.3) is 0 Å². The van der Waals surface area contributed by atoms with E-state index in [-0.39, 0.29) is 17.9 Å². The summed E-state index contributed by atoms with van der Waals surface area (Å²) < 4.78 is 0. The third kappa shape index (κ3) is 4.24. The zero-order valence-corrected chi connectivity index (χ0v) is 13.5. The maximum atomic E-state index is 12.4. The number of hydrogen-bond donors (Lipinski definition) is 2. The Kier molecular flexibility index (Phi) is 5.16. The maximum absolute atomic E-state index is 12.4. The number of nitrogens with zero attached hydrogens (tertiary/aromatic N) is 1. The Hall–Kier alpha value is -2.04. The first kappa shape index (κ1) is 15.8. The summed E-state index contributed by atoms with van der Waals surface area (Å²) in [4.78, 5) is 26.5. The van der Waals surface area contributed by atoms with Gasteiger partial charge in [0.2, 0.25) is 5.91 Å². The van der Waals surface area contributed by atoms with Crippen molar-refractivity contribution in [2.24, 2.45) is 5.92 Å². The molecule has 1 atom stereocenters. The molecule has 0 bridgehead atoms. The van der Waals surface area contributed by atoms with E-state index in [1.54, 1.807) is 4.90 Å². The van der Waals surface area contributed by atoms with Crippen molar-refractivity contribution in [1.29, 1.82) is 0 Å². The van der Waals surface area contributed by atoms with Crippen molar-refractivity contribution in [3.63, 3.8) is 0 Å². The highest BCUT2D eigenvalue weighted by molar-refractivity contribution is 5.90. The van der Waals surface area contributed by atoms with E-state index in [2.05, 4.69) is 10.6 Å². The van der Waals surface area contributed by atoms with E-state index in [1.165, 1.54) is 12.8 Å². The van der Waals surface area contributed by atoms with Gasteiger partial charge in [0.1, 0.15) is 0 Å². The van der Waals surface area contributed by atoms with E-state index < -0.39 is 0 Å². The highest BCUT2D eigenvalue weighted by Crippen LogP contribution is 2.21. The highest BCUT2D eigenvalue weighted by Gasteiger charge is 2.30. The third-order valence-electron chi connectivity index (χ3n) is 4.81. The number of anilines is 1. The van der Waals surface area contributed by atoms with Crippen LogP contribution in [0.1, 0.15) is 38.5 Å². The van der Waals surface area contributed by atoms with Gasteiger partial charge in [0, 0.05) is 24.8 Å². The number of rotatable bonds is 3. The van der Waals surface area contributed by atoms with E-state index >= 15 is 0 Å².